The first kappa shape index (κ1) is 18.9. The van der Waals surface area contributed by atoms with Gasteiger partial charge in [0.2, 0.25) is 0 Å². The van der Waals surface area contributed by atoms with Crippen molar-refractivity contribution >= 4 is 0 Å². The molecule has 0 atom stereocenters. The molecule has 0 aliphatic heterocycles. The zero-order valence-corrected chi connectivity index (χ0v) is 11.5. The fraction of sp³-hybridized carbons (Fsp3) is 1.00. The van der Waals surface area contributed by atoms with E-state index in [2.05, 4.69) is 0 Å². The summed E-state index contributed by atoms with van der Waals surface area (Å²) in [4.78, 5) is 0. The second-order valence-electron chi connectivity index (χ2n) is 2.82. The predicted molar refractivity (Wildman–Crippen MR) is 56.2 cm³/mol. The standard InChI is InChI=1S/C10H22O5.Ag/c1-11-3-5-13-7-9-15-10-8-14-6-4-12-2;/h3-10H2,1-2H3;. The molecule has 16 heavy (non-hydrogen) atoms. The molecule has 0 saturated carbocycles. The van der Waals surface area contributed by atoms with Crippen molar-refractivity contribution in [3.8, 4) is 0 Å². The number of hydrogen-bond acceptors (Lipinski definition) is 5. The molecule has 1 radical (unpaired) electrons. The minimum Gasteiger partial charge on any atom is -0.382 e. The molecule has 0 heterocycles. The van der Waals surface area contributed by atoms with Crippen molar-refractivity contribution in [3.05, 3.63) is 0 Å². The average molecular weight is 330 g/mol. The van der Waals surface area contributed by atoms with E-state index in [-0.39, 0.29) is 22.4 Å². The molecule has 0 bridgehead atoms. The van der Waals surface area contributed by atoms with Gasteiger partial charge in [-0.25, -0.2) is 0 Å². The summed E-state index contributed by atoms with van der Waals surface area (Å²) in [5.74, 6) is 0. The molecule has 0 aliphatic carbocycles. The van der Waals surface area contributed by atoms with Crippen molar-refractivity contribution < 1.29 is 46.1 Å². The zero-order valence-electron chi connectivity index (χ0n) is 10.00. The third kappa shape index (κ3) is 17.0. The summed E-state index contributed by atoms with van der Waals surface area (Å²) >= 11 is 0. The minimum atomic E-state index is 0. The molecule has 6 heteroatoms. The van der Waals surface area contributed by atoms with Crippen LogP contribution in [-0.4, -0.2) is 67.1 Å². The smallest absolute Gasteiger partial charge is 0.0701 e. The van der Waals surface area contributed by atoms with Crippen LogP contribution in [0.4, 0.5) is 0 Å². The van der Waals surface area contributed by atoms with Gasteiger partial charge < -0.3 is 23.7 Å². The molecule has 0 amide bonds. The van der Waals surface area contributed by atoms with Gasteiger partial charge in [-0.05, 0) is 0 Å². The number of ether oxygens (including phenoxy) is 5. The molecule has 0 aromatic rings. The molecule has 0 unspecified atom stereocenters. The van der Waals surface area contributed by atoms with Crippen LogP contribution in [0.2, 0.25) is 0 Å². The minimum absolute atomic E-state index is 0. The Labute approximate surface area is 113 Å². The Kier molecular flexibility index (Phi) is 21.2. The first-order valence-electron chi connectivity index (χ1n) is 5.13. The first-order chi connectivity index (χ1) is 7.41. The Balaban J connectivity index is 0. The maximum absolute atomic E-state index is 5.26. The van der Waals surface area contributed by atoms with Crippen molar-refractivity contribution in [2.75, 3.05) is 67.1 Å². The average Bonchev–Trinajstić information content (AvgIpc) is 2.26. The summed E-state index contributed by atoms with van der Waals surface area (Å²) in [5.41, 5.74) is 0. The number of hydrogen-bond donors (Lipinski definition) is 0. The van der Waals surface area contributed by atoms with Crippen LogP contribution in [0.15, 0.2) is 0 Å². The molecule has 5 nitrogen and oxygen atoms in total. The summed E-state index contributed by atoms with van der Waals surface area (Å²) in [5, 5.41) is 0. The monoisotopic (exact) mass is 329 g/mol. The summed E-state index contributed by atoms with van der Waals surface area (Å²) in [7, 11) is 3.30. The third-order valence-electron chi connectivity index (χ3n) is 1.61. The van der Waals surface area contributed by atoms with E-state index >= 15 is 0 Å². The Bertz CT molecular complexity index is 103. The number of methoxy groups -OCH3 is 2. The summed E-state index contributed by atoms with van der Waals surface area (Å²) in [6.07, 6.45) is 0. The topological polar surface area (TPSA) is 46.2 Å². The van der Waals surface area contributed by atoms with Gasteiger partial charge in [0.15, 0.2) is 0 Å². The van der Waals surface area contributed by atoms with Crippen molar-refractivity contribution in [3.63, 3.8) is 0 Å². The molecule has 103 valence electrons. The van der Waals surface area contributed by atoms with Crippen LogP contribution in [0.3, 0.4) is 0 Å². The molecule has 0 N–H and O–H groups in total. The second-order valence-corrected chi connectivity index (χ2v) is 2.82. The largest absolute Gasteiger partial charge is 0.382 e. The van der Waals surface area contributed by atoms with Gasteiger partial charge in [0, 0.05) is 36.6 Å². The fourth-order valence-corrected chi connectivity index (χ4v) is 0.826. The van der Waals surface area contributed by atoms with Crippen LogP contribution in [0.5, 0.6) is 0 Å². The van der Waals surface area contributed by atoms with Crippen LogP contribution in [0, 0.1) is 0 Å². The molecule has 0 aromatic heterocycles. The first-order valence-corrected chi connectivity index (χ1v) is 5.13. The maximum atomic E-state index is 5.26. The zero-order chi connectivity index (χ0) is 11.2. The maximum Gasteiger partial charge on any atom is 0.0701 e. The van der Waals surface area contributed by atoms with Gasteiger partial charge in [-0.2, -0.15) is 0 Å². The number of rotatable bonds is 12. The van der Waals surface area contributed by atoms with Crippen LogP contribution in [0.25, 0.3) is 0 Å². The van der Waals surface area contributed by atoms with Gasteiger partial charge in [-0.3, -0.25) is 0 Å². The van der Waals surface area contributed by atoms with Gasteiger partial charge >= 0.3 is 0 Å². The quantitative estimate of drug-likeness (QED) is 0.381. The van der Waals surface area contributed by atoms with E-state index < -0.39 is 0 Å². The van der Waals surface area contributed by atoms with Crippen molar-refractivity contribution in [1.82, 2.24) is 0 Å². The van der Waals surface area contributed by atoms with Gasteiger partial charge in [0.1, 0.15) is 0 Å². The van der Waals surface area contributed by atoms with Gasteiger partial charge in [-0.15, -0.1) is 0 Å². The van der Waals surface area contributed by atoms with Crippen LogP contribution < -0.4 is 0 Å². The summed E-state index contributed by atoms with van der Waals surface area (Å²) < 4.78 is 25.3. The Hall–Kier alpha value is 0.540. The van der Waals surface area contributed by atoms with E-state index in [1.165, 1.54) is 0 Å². The van der Waals surface area contributed by atoms with Crippen molar-refractivity contribution in [2.24, 2.45) is 0 Å². The second kappa shape index (κ2) is 17.9. The molecule has 0 aromatic carbocycles. The Morgan fingerprint density at radius 1 is 0.500 bits per heavy atom. The van der Waals surface area contributed by atoms with Gasteiger partial charge in [0.25, 0.3) is 0 Å². The van der Waals surface area contributed by atoms with Crippen molar-refractivity contribution in [2.45, 2.75) is 0 Å². The molecular formula is C10H22AgO5. The predicted octanol–water partition coefficient (Wildman–Crippen LogP) is 0.327. The third-order valence-corrected chi connectivity index (χ3v) is 1.61. The SMILES string of the molecule is COCCOCCOCCOCCOC.[Ag]. The van der Waals surface area contributed by atoms with E-state index in [1.807, 2.05) is 0 Å². The molecule has 0 rings (SSSR count). The van der Waals surface area contributed by atoms with E-state index in [0.717, 1.165) is 0 Å². The van der Waals surface area contributed by atoms with Crippen molar-refractivity contribution in [1.29, 1.82) is 0 Å². The normalized spacial score (nSPS) is 10.1. The molecule has 0 fully saturated rings. The Morgan fingerprint density at radius 3 is 1.00 bits per heavy atom. The molecule has 0 spiro atoms. The fourth-order valence-electron chi connectivity index (χ4n) is 0.826. The van der Waals surface area contributed by atoms with Gasteiger partial charge in [-0.1, -0.05) is 0 Å². The Morgan fingerprint density at radius 2 is 0.750 bits per heavy atom. The van der Waals surface area contributed by atoms with E-state index in [9.17, 15) is 0 Å². The van der Waals surface area contributed by atoms with Crippen LogP contribution in [-0.2, 0) is 46.1 Å². The molecular weight excluding hydrogens is 308 g/mol. The van der Waals surface area contributed by atoms with E-state index in [1.54, 1.807) is 14.2 Å². The van der Waals surface area contributed by atoms with Crippen LogP contribution >= 0.6 is 0 Å². The molecule has 0 saturated heterocycles. The van der Waals surface area contributed by atoms with E-state index in [4.69, 9.17) is 23.7 Å². The van der Waals surface area contributed by atoms with Crippen LogP contribution in [0.1, 0.15) is 0 Å². The van der Waals surface area contributed by atoms with Gasteiger partial charge in [0.05, 0.1) is 52.9 Å². The molecule has 0 aliphatic rings. The summed E-state index contributed by atoms with van der Waals surface area (Å²) in [6.45, 7) is 4.87. The van der Waals surface area contributed by atoms with E-state index in [0.29, 0.717) is 52.9 Å². The summed E-state index contributed by atoms with van der Waals surface area (Å²) in [6, 6.07) is 0.